The second-order valence-corrected chi connectivity index (χ2v) is 8.00. The van der Waals surface area contributed by atoms with Crippen molar-refractivity contribution in [3.63, 3.8) is 0 Å². The number of amides is 1. The molecule has 0 saturated heterocycles. The van der Waals surface area contributed by atoms with Gasteiger partial charge in [-0.2, -0.15) is 0 Å². The summed E-state index contributed by atoms with van der Waals surface area (Å²) in [5.41, 5.74) is 5.68. The standard InChI is InChI=1S/C24H29N3O/c1-17-13-14-21-20(16-17)19(24(27-21)22-11-5-6-15-25-22)10-7-12-23(28)26-18-8-3-2-4-9-18/h5-6,11,13-16,18,27H,2-4,7-10,12H2,1H3,(H,26,28). The maximum absolute atomic E-state index is 12.4. The van der Waals surface area contributed by atoms with Crippen LogP contribution < -0.4 is 5.32 Å². The number of rotatable bonds is 6. The summed E-state index contributed by atoms with van der Waals surface area (Å²) in [4.78, 5) is 20.5. The lowest BCUT2D eigenvalue weighted by Gasteiger charge is -2.22. The molecule has 28 heavy (non-hydrogen) atoms. The third kappa shape index (κ3) is 4.27. The normalized spacial score (nSPS) is 15.0. The number of fused-ring (bicyclic) bond motifs is 1. The average molecular weight is 376 g/mol. The van der Waals surface area contributed by atoms with Crippen molar-refractivity contribution in [2.75, 3.05) is 0 Å². The van der Waals surface area contributed by atoms with E-state index >= 15 is 0 Å². The minimum absolute atomic E-state index is 0.197. The number of H-pyrrole nitrogens is 1. The summed E-state index contributed by atoms with van der Waals surface area (Å²) in [5, 5.41) is 4.48. The molecule has 1 amide bonds. The molecule has 2 aromatic heterocycles. The Morgan fingerprint density at radius 2 is 2.04 bits per heavy atom. The molecule has 4 nitrogen and oxygen atoms in total. The van der Waals surface area contributed by atoms with Gasteiger partial charge in [0.1, 0.15) is 0 Å². The summed E-state index contributed by atoms with van der Waals surface area (Å²) in [6.45, 7) is 2.12. The highest BCUT2D eigenvalue weighted by Crippen LogP contribution is 2.31. The van der Waals surface area contributed by atoms with Crippen LogP contribution in [0.3, 0.4) is 0 Å². The van der Waals surface area contributed by atoms with Crippen molar-refractivity contribution in [1.29, 1.82) is 0 Å². The van der Waals surface area contributed by atoms with Crippen LogP contribution in [0.15, 0.2) is 42.6 Å². The maximum atomic E-state index is 12.4. The van der Waals surface area contributed by atoms with Crippen molar-refractivity contribution in [3.05, 3.63) is 53.7 Å². The molecule has 0 aliphatic heterocycles. The van der Waals surface area contributed by atoms with Crippen LogP contribution in [0, 0.1) is 6.92 Å². The number of carbonyl (C=O) groups is 1. The van der Waals surface area contributed by atoms with Crippen LogP contribution in [0.5, 0.6) is 0 Å². The number of nitrogens with one attached hydrogen (secondary N) is 2. The van der Waals surface area contributed by atoms with Gasteiger partial charge in [-0.15, -0.1) is 0 Å². The highest BCUT2D eigenvalue weighted by molar-refractivity contribution is 5.90. The van der Waals surface area contributed by atoms with E-state index < -0.39 is 0 Å². The molecule has 0 bridgehead atoms. The van der Waals surface area contributed by atoms with Gasteiger partial charge in [-0.05, 0) is 62.4 Å². The number of hydrogen-bond acceptors (Lipinski definition) is 2. The fourth-order valence-electron chi connectivity index (χ4n) is 4.32. The molecule has 0 unspecified atom stereocenters. The van der Waals surface area contributed by atoms with Gasteiger partial charge >= 0.3 is 0 Å². The zero-order chi connectivity index (χ0) is 19.3. The molecule has 1 saturated carbocycles. The third-order valence-corrected chi connectivity index (χ3v) is 5.78. The number of pyridine rings is 1. The highest BCUT2D eigenvalue weighted by atomic mass is 16.1. The Balaban J connectivity index is 1.49. The molecule has 4 rings (SSSR count). The van der Waals surface area contributed by atoms with E-state index in [-0.39, 0.29) is 5.91 Å². The minimum atomic E-state index is 0.197. The molecule has 1 aliphatic rings. The summed E-state index contributed by atoms with van der Waals surface area (Å²) in [5.74, 6) is 0.197. The van der Waals surface area contributed by atoms with E-state index in [4.69, 9.17) is 0 Å². The van der Waals surface area contributed by atoms with Crippen molar-refractivity contribution in [1.82, 2.24) is 15.3 Å². The summed E-state index contributed by atoms with van der Waals surface area (Å²) in [6.07, 6.45) is 10.2. The van der Waals surface area contributed by atoms with E-state index in [9.17, 15) is 4.79 Å². The first-order valence-electron chi connectivity index (χ1n) is 10.5. The smallest absolute Gasteiger partial charge is 0.220 e. The highest BCUT2D eigenvalue weighted by Gasteiger charge is 2.17. The van der Waals surface area contributed by atoms with Crippen LogP contribution in [0.2, 0.25) is 0 Å². The zero-order valence-electron chi connectivity index (χ0n) is 16.6. The summed E-state index contributed by atoms with van der Waals surface area (Å²) in [6, 6.07) is 12.9. The fourth-order valence-corrected chi connectivity index (χ4v) is 4.32. The molecule has 2 heterocycles. The molecule has 2 N–H and O–H groups in total. The van der Waals surface area contributed by atoms with Crippen LogP contribution >= 0.6 is 0 Å². The lowest BCUT2D eigenvalue weighted by atomic mass is 9.95. The monoisotopic (exact) mass is 375 g/mol. The molecule has 0 atom stereocenters. The van der Waals surface area contributed by atoms with E-state index in [2.05, 4.69) is 40.4 Å². The predicted octanol–water partition coefficient (Wildman–Crippen LogP) is 5.31. The zero-order valence-corrected chi connectivity index (χ0v) is 16.6. The lowest BCUT2D eigenvalue weighted by Crippen LogP contribution is -2.36. The number of benzene rings is 1. The van der Waals surface area contributed by atoms with E-state index in [1.807, 2.05) is 24.4 Å². The van der Waals surface area contributed by atoms with Crippen molar-refractivity contribution < 1.29 is 4.79 Å². The van der Waals surface area contributed by atoms with Gasteiger partial charge in [-0.1, -0.05) is 37.0 Å². The van der Waals surface area contributed by atoms with Gasteiger partial charge in [-0.3, -0.25) is 9.78 Å². The van der Waals surface area contributed by atoms with Gasteiger partial charge in [0.25, 0.3) is 0 Å². The SMILES string of the molecule is Cc1ccc2[nH]c(-c3ccccn3)c(CCCC(=O)NC3CCCCC3)c2c1. The molecular weight excluding hydrogens is 346 g/mol. The molecule has 1 aliphatic carbocycles. The van der Waals surface area contributed by atoms with Crippen LogP contribution in [-0.4, -0.2) is 21.9 Å². The van der Waals surface area contributed by atoms with Crippen LogP contribution in [-0.2, 0) is 11.2 Å². The lowest BCUT2D eigenvalue weighted by molar-refractivity contribution is -0.122. The number of nitrogens with zero attached hydrogens (tertiary/aromatic N) is 1. The first-order chi connectivity index (χ1) is 13.7. The molecule has 0 radical (unpaired) electrons. The fraction of sp³-hybridized carbons (Fsp3) is 0.417. The van der Waals surface area contributed by atoms with E-state index in [1.54, 1.807) is 0 Å². The van der Waals surface area contributed by atoms with Crippen molar-refractivity contribution >= 4 is 16.8 Å². The number of aromatic nitrogens is 2. The second-order valence-electron chi connectivity index (χ2n) is 8.00. The van der Waals surface area contributed by atoms with Crippen LogP contribution in [0.4, 0.5) is 0 Å². The van der Waals surface area contributed by atoms with E-state index in [0.717, 1.165) is 42.6 Å². The molecule has 1 fully saturated rings. The molecule has 1 aromatic carbocycles. The Hall–Kier alpha value is -2.62. The summed E-state index contributed by atoms with van der Waals surface area (Å²) < 4.78 is 0. The first kappa shape index (κ1) is 18.7. The van der Waals surface area contributed by atoms with Gasteiger partial charge < -0.3 is 10.3 Å². The molecular formula is C24H29N3O. The van der Waals surface area contributed by atoms with Crippen molar-refractivity contribution in [2.24, 2.45) is 0 Å². The quantitative estimate of drug-likeness (QED) is 0.613. The molecule has 146 valence electrons. The maximum Gasteiger partial charge on any atom is 0.220 e. The molecule has 0 spiro atoms. The van der Waals surface area contributed by atoms with Gasteiger partial charge in [-0.25, -0.2) is 0 Å². The number of aryl methyl sites for hydroxylation is 2. The molecule has 4 heteroatoms. The van der Waals surface area contributed by atoms with Gasteiger partial charge in [0, 0.05) is 29.6 Å². The van der Waals surface area contributed by atoms with Gasteiger partial charge in [0.05, 0.1) is 11.4 Å². The summed E-state index contributed by atoms with van der Waals surface area (Å²) >= 11 is 0. The predicted molar refractivity (Wildman–Crippen MR) is 114 cm³/mol. The Bertz CT molecular complexity index is 939. The van der Waals surface area contributed by atoms with E-state index in [0.29, 0.717) is 12.5 Å². The average Bonchev–Trinajstić information content (AvgIpc) is 3.07. The summed E-state index contributed by atoms with van der Waals surface area (Å²) in [7, 11) is 0. The number of aromatic amines is 1. The third-order valence-electron chi connectivity index (χ3n) is 5.78. The van der Waals surface area contributed by atoms with Crippen LogP contribution in [0.1, 0.15) is 56.1 Å². The van der Waals surface area contributed by atoms with E-state index in [1.165, 1.54) is 35.8 Å². The van der Waals surface area contributed by atoms with Gasteiger partial charge in [0.15, 0.2) is 0 Å². The van der Waals surface area contributed by atoms with Gasteiger partial charge in [0.2, 0.25) is 5.91 Å². The first-order valence-corrected chi connectivity index (χ1v) is 10.5. The van der Waals surface area contributed by atoms with Crippen molar-refractivity contribution in [3.8, 4) is 11.4 Å². The number of hydrogen-bond donors (Lipinski definition) is 2. The number of carbonyl (C=O) groups excluding carboxylic acids is 1. The Kier molecular flexibility index (Phi) is 5.75. The van der Waals surface area contributed by atoms with Crippen LogP contribution in [0.25, 0.3) is 22.3 Å². The van der Waals surface area contributed by atoms with Crippen molar-refractivity contribution in [2.45, 2.75) is 64.3 Å². The molecule has 3 aromatic rings. The minimum Gasteiger partial charge on any atom is -0.353 e. The second kappa shape index (κ2) is 8.59. The largest absolute Gasteiger partial charge is 0.353 e. The Labute approximate surface area is 166 Å². The Morgan fingerprint density at radius 1 is 1.18 bits per heavy atom. The Morgan fingerprint density at radius 3 is 2.82 bits per heavy atom. The topological polar surface area (TPSA) is 57.8 Å².